The lowest BCUT2D eigenvalue weighted by molar-refractivity contribution is -0.150. The smallest absolute Gasteiger partial charge is 0.326 e. The summed E-state index contributed by atoms with van der Waals surface area (Å²) >= 11 is 3.31. The molecule has 2 aliphatic rings. The van der Waals surface area contributed by atoms with Crippen LogP contribution in [0.1, 0.15) is 38.5 Å². The van der Waals surface area contributed by atoms with Gasteiger partial charge in [0.05, 0.1) is 0 Å². The van der Waals surface area contributed by atoms with E-state index in [1.54, 1.807) is 17.2 Å². The second-order valence-corrected chi connectivity index (χ2v) is 7.55. The van der Waals surface area contributed by atoms with Gasteiger partial charge in [0.1, 0.15) is 6.04 Å². The number of likely N-dealkylation sites (tertiary alicyclic amines) is 1. The minimum absolute atomic E-state index is 0.0478. The molecule has 1 N–H and O–H groups in total. The highest BCUT2D eigenvalue weighted by Crippen LogP contribution is 2.40. The molecular formula is C17H21BrN2O4. The van der Waals surface area contributed by atoms with Crippen LogP contribution in [0.25, 0.3) is 0 Å². The first kappa shape index (κ1) is 17.2. The molecule has 130 valence electrons. The Hall–Kier alpha value is -1.63. The van der Waals surface area contributed by atoms with Gasteiger partial charge in [0, 0.05) is 35.7 Å². The lowest BCUT2D eigenvalue weighted by Gasteiger charge is -2.33. The van der Waals surface area contributed by atoms with E-state index >= 15 is 0 Å². The van der Waals surface area contributed by atoms with Gasteiger partial charge in [-0.05, 0) is 47.2 Å². The maximum Gasteiger partial charge on any atom is 0.326 e. The molecule has 1 aliphatic carbocycles. The van der Waals surface area contributed by atoms with Crippen molar-refractivity contribution in [2.45, 2.75) is 57.2 Å². The molecule has 3 rings (SSSR count). The van der Waals surface area contributed by atoms with E-state index in [2.05, 4.69) is 15.9 Å². The molecule has 1 saturated heterocycles. The summed E-state index contributed by atoms with van der Waals surface area (Å²) in [6, 6.07) is 2.44. The molecule has 0 unspecified atom stereocenters. The fourth-order valence-electron chi connectivity index (χ4n) is 4.06. The van der Waals surface area contributed by atoms with Gasteiger partial charge in [-0.2, -0.15) is 0 Å². The van der Waals surface area contributed by atoms with Crippen molar-refractivity contribution >= 4 is 27.8 Å². The summed E-state index contributed by atoms with van der Waals surface area (Å²) in [5.41, 5.74) is -0.169. The summed E-state index contributed by atoms with van der Waals surface area (Å²) in [6.07, 6.45) is 6.40. The lowest BCUT2D eigenvalue weighted by atomic mass is 9.84. The summed E-state index contributed by atoms with van der Waals surface area (Å²) in [5.74, 6) is -0.779. The SMILES string of the molecule is O=C(O)[C@@H]1C[C@H]2CCCC[C@H]2N1C(=O)CCn1cc(Br)ccc1=O. The minimum Gasteiger partial charge on any atom is -0.480 e. The Morgan fingerprint density at radius 3 is 2.75 bits per heavy atom. The monoisotopic (exact) mass is 396 g/mol. The Bertz CT molecular complexity index is 702. The van der Waals surface area contributed by atoms with Crippen LogP contribution >= 0.6 is 15.9 Å². The Labute approximate surface area is 148 Å². The molecule has 1 aliphatic heterocycles. The van der Waals surface area contributed by atoms with Crippen LogP contribution in [0, 0.1) is 5.92 Å². The number of rotatable bonds is 4. The zero-order valence-corrected chi connectivity index (χ0v) is 14.9. The van der Waals surface area contributed by atoms with E-state index < -0.39 is 12.0 Å². The van der Waals surface area contributed by atoms with Gasteiger partial charge >= 0.3 is 5.97 Å². The number of hydrogen-bond acceptors (Lipinski definition) is 3. The molecule has 3 atom stereocenters. The third kappa shape index (κ3) is 3.41. The first-order valence-electron chi connectivity index (χ1n) is 8.37. The van der Waals surface area contributed by atoms with Crippen LogP contribution < -0.4 is 5.56 Å². The Balaban J connectivity index is 1.73. The number of amides is 1. The molecule has 6 nitrogen and oxygen atoms in total. The van der Waals surface area contributed by atoms with Crippen LogP contribution in [0.5, 0.6) is 0 Å². The van der Waals surface area contributed by atoms with Crippen LogP contribution in [-0.2, 0) is 16.1 Å². The normalized spacial score (nSPS) is 26.2. The largest absolute Gasteiger partial charge is 0.480 e. The van der Waals surface area contributed by atoms with Crippen molar-refractivity contribution in [3.63, 3.8) is 0 Å². The van der Waals surface area contributed by atoms with Gasteiger partial charge in [-0.15, -0.1) is 0 Å². The fraction of sp³-hybridized carbons (Fsp3) is 0.588. The van der Waals surface area contributed by atoms with E-state index in [0.29, 0.717) is 12.3 Å². The third-order valence-corrected chi connectivity index (χ3v) is 5.64. The molecule has 1 saturated carbocycles. The van der Waals surface area contributed by atoms with Crippen LogP contribution in [0.15, 0.2) is 27.6 Å². The van der Waals surface area contributed by atoms with Crippen molar-refractivity contribution in [2.75, 3.05) is 0 Å². The van der Waals surface area contributed by atoms with Crippen molar-refractivity contribution in [3.05, 3.63) is 33.2 Å². The number of hydrogen-bond donors (Lipinski definition) is 1. The lowest BCUT2D eigenvalue weighted by Crippen LogP contribution is -2.46. The number of nitrogens with zero attached hydrogens (tertiary/aromatic N) is 2. The van der Waals surface area contributed by atoms with Gasteiger partial charge in [-0.1, -0.05) is 12.8 Å². The molecule has 0 radical (unpaired) electrons. The summed E-state index contributed by atoms with van der Waals surface area (Å²) in [6.45, 7) is 0.261. The second-order valence-electron chi connectivity index (χ2n) is 6.63. The number of fused-ring (bicyclic) bond motifs is 1. The van der Waals surface area contributed by atoms with E-state index in [4.69, 9.17) is 0 Å². The van der Waals surface area contributed by atoms with Gasteiger partial charge in [0.25, 0.3) is 5.56 Å². The first-order chi connectivity index (χ1) is 11.5. The second kappa shape index (κ2) is 7.09. The van der Waals surface area contributed by atoms with Gasteiger partial charge in [-0.25, -0.2) is 4.79 Å². The van der Waals surface area contributed by atoms with Crippen molar-refractivity contribution in [2.24, 2.45) is 5.92 Å². The molecule has 1 aromatic rings. The van der Waals surface area contributed by atoms with Crippen LogP contribution in [0.2, 0.25) is 0 Å². The van der Waals surface area contributed by atoms with Gasteiger partial charge in [0.2, 0.25) is 5.91 Å². The minimum atomic E-state index is -0.919. The molecule has 1 amide bonds. The van der Waals surface area contributed by atoms with Crippen molar-refractivity contribution in [1.29, 1.82) is 0 Å². The predicted octanol–water partition coefficient (Wildman–Crippen LogP) is 2.25. The standard InChI is InChI=1S/C17H21BrN2O4/c18-12-5-6-15(21)19(10-12)8-7-16(22)20-13-4-2-1-3-11(13)9-14(20)17(23)24/h5-6,10-11,13-14H,1-4,7-9H2,(H,23,24)/t11-,13-,14+/m1/s1. The summed E-state index contributed by atoms with van der Waals surface area (Å²) in [4.78, 5) is 37.7. The highest BCUT2D eigenvalue weighted by molar-refractivity contribution is 9.10. The number of carbonyl (C=O) groups is 2. The van der Waals surface area contributed by atoms with Gasteiger partial charge < -0.3 is 14.6 Å². The van der Waals surface area contributed by atoms with E-state index in [0.717, 1.165) is 30.2 Å². The zero-order chi connectivity index (χ0) is 17.3. The predicted molar refractivity (Wildman–Crippen MR) is 91.7 cm³/mol. The Morgan fingerprint density at radius 2 is 2.00 bits per heavy atom. The molecule has 0 spiro atoms. The maximum absolute atomic E-state index is 12.7. The molecule has 2 fully saturated rings. The maximum atomic E-state index is 12.7. The van der Waals surface area contributed by atoms with Crippen LogP contribution in [0.3, 0.4) is 0 Å². The highest BCUT2D eigenvalue weighted by Gasteiger charge is 2.47. The number of carbonyl (C=O) groups excluding carboxylic acids is 1. The number of aliphatic carboxylic acids is 1. The molecule has 2 heterocycles. The zero-order valence-electron chi connectivity index (χ0n) is 13.4. The number of carboxylic acids is 1. The van der Waals surface area contributed by atoms with E-state index in [1.165, 1.54) is 10.6 Å². The topological polar surface area (TPSA) is 79.6 Å². The van der Waals surface area contributed by atoms with E-state index in [1.807, 2.05) is 0 Å². The van der Waals surface area contributed by atoms with Gasteiger partial charge in [-0.3, -0.25) is 9.59 Å². The number of aromatic nitrogens is 1. The molecule has 1 aromatic heterocycles. The van der Waals surface area contributed by atoms with E-state index in [-0.39, 0.29) is 30.5 Å². The average molecular weight is 397 g/mol. The average Bonchev–Trinajstić information content (AvgIpc) is 2.95. The third-order valence-electron chi connectivity index (χ3n) is 5.18. The summed E-state index contributed by atoms with van der Waals surface area (Å²) in [5, 5.41) is 9.49. The van der Waals surface area contributed by atoms with Crippen LogP contribution in [-0.4, -0.2) is 38.5 Å². The summed E-state index contributed by atoms with van der Waals surface area (Å²) in [7, 11) is 0. The molecule has 0 aromatic carbocycles. The quantitative estimate of drug-likeness (QED) is 0.845. The Kier molecular flexibility index (Phi) is 5.08. The van der Waals surface area contributed by atoms with Crippen molar-refractivity contribution in [3.8, 4) is 0 Å². The van der Waals surface area contributed by atoms with Crippen LogP contribution in [0.4, 0.5) is 0 Å². The number of pyridine rings is 1. The molecule has 24 heavy (non-hydrogen) atoms. The number of carboxylic acid groups (broad SMARTS) is 1. The van der Waals surface area contributed by atoms with Crippen molar-refractivity contribution < 1.29 is 14.7 Å². The van der Waals surface area contributed by atoms with Crippen molar-refractivity contribution in [1.82, 2.24) is 9.47 Å². The number of halogens is 1. The van der Waals surface area contributed by atoms with E-state index in [9.17, 15) is 19.5 Å². The molecular weight excluding hydrogens is 376 g/mol. The summed E-state index contributed by atoms with van der Waals surface area (Å²) < 4.78 is 2.25. The van der Waals surface area contributed by atoms with Gasteiger partial charge in [0.15, 0.2) is 0 Å². The molecule has 0 bridgehead atoms. The molecule has 7 heteroatoms. The fourth-order valence-corrected chi connectivity index (χ4v) is 4.44. The Morgan fingerprint density at radius 1 is 1.25 bits per heavy atom. The highest BCUT2D eigenvalue weighted by atomic mass is 79.9. The first-order valence-corrected chi connectivity index (χ1v) is 9.16. The number of aryl methyl sites for hydroxylation is 1.